The van der Waals surface area contributed by atoms with Gasteiger partial charge in [-0.1, -0.05) is 0 Å². The Morgan fingerprint density at radius 3 is 2.42 bits per heavy atom. The van der Waals surface area contributed by atoms with E-state index in [9.17, 15) is 0 Å². The average Bonchev–Trinajstić information content (AvgIpc) is 2.86. The molecule has 0 saturated carbocycles. The molecule has 2 fully saturated rings. The van der Waals surface area contributed by atoms with Crippen LogP contribution in [0.5, 0.6) is 0 Å². The molecule has 0 unspecified atom stereocenters. The second-order valence-electron chi connectivity index (χ2n) is 8.06. The molecule has 3 aromatic rings. The maximum Gasteiger partial charge on any atom is 0.225 e. The first kappa shape index (κ1) is 20.0. The highest BCUT2D eigenvalue weighted by atomic mass is 16.5. The number of hydrogen-bond donors (Lipinski definition) is 0. The van der Waals surface area contributed by atoms with Crippen LogP contribution in [-0.2, 0) is 11.3 Å². The van der Waals surface area contributed by atoms with Crippen LogP contribution in [0, 0.1) is 0 Å². The predicted molar refractivity (Wildman–Crippen MR) is 118 cm³/mol. The van der Waals surface area contributed by atoms with Gasteiger partial charge in [0.25, 0.3) is 0 Å². The minimum atomic E-state index is 0.383. The lowest BCUT2D eigenvalue weighted by Gasteiger charge is -2.33. The van der Waals surface area contributed by atoms with Crippen molar-refractivity contribution in [2.75, 3.05) is 44.3 Å². The van der Waals surface area contributed by atoms with Crippen molar-refractivity contribution in [1.29, 1.82) is 0 Å². The van der Waals surface area contributed by atoms with Gasteiger partial charge < -0.3 is 9.64 Å². The highest BCUT2D eigenvalue weighted by Gasteiger charge is 2.26. The van der Waals surface area contributed by atoms with Crippen molar-refractivity contribution in [2.45, 2.75) is 25.3 Å². The molecule has 0 amide bonds. The largest absolute Gasteiger partial charge is 0.378 e. The molecular weight excluding hydrogens is 390 g/mol. The van der Waals surface area contributed by atoms with Crippen molar-refractivity contribution < 1.29 is 4.74 Å². The molecule has 0 radical (unpaired) electrons. The van der Waals surface area contributed by atoms with E-state index in [4.69, 9.17) is 9.72 Å². The van der Waals surface area contributed by atoms with E-state index in [1.165, 1.54) is 5.56 Å². The summed E-state index contributed by atoms with van der Waals surface area (Å²) in [6.07, 6.45) is 13.0. The van der Waals surface area contributed by atoms with Gasteiger partial charge in [-0.2, -0.15) is 0 Å². The Kier molecular flexibility index (Phi) is 6.08. The summed E-state index contributed by atoms with van der Waals surface area (Å²) in [6, 6.07) is 4.19. The predicted octanol–water partition coefficient (Wildman–Crippen LogP) is 2.54. The highest BCUT2D eigenvalue weighted by molar-refractivity contribution is 5.62. The van der Waals surface area contributed by atoms with Crippen LogP contribution in [0.1, 0.15) is 30.0 Å². The van der Waals surface area contributed by atoms with Crippen molar-refractivity contribution in [3.05, 3.63) is 60.6 Å². The molecule has 160 valence electrons. The number of likely N-dealkylation sites (tertiary alicyclic amines) is 1. The summed E-state index contributed by atoms with van der Waals surface area (Å²) in [5, 5.41) is 0. The molecule has 3 aromatic heterocycles. The molecule has 31 heavy (non-hydrogen) atoms. The summed E-state index contributed by atoms with van der Waals surface area (Å²) in [6.45, 7) is 6.15. The van der Waals surface area contributed by atoms with Crippen LogP contribution in [-0.4, -0.2) is 69.2 Å². The number of morpholine rings is 1. The first-order valence-corrected chi connectivity index (χ1v) is 10.9. The van der Waals surface area contributed by atoms with Crippen molar-refractivity contribution in [3.63, 3.8) is 0 Å². The van der Waals surface area contributed by atoms with Gasteiger partial charge in [0, 0.05) is 62.1 Å². The molecular formula is C23H27N7O. The number of nitrogens with zero attached hydrogens (tertiary/aromatic N) is 7. The maximum absolute atomic E-state index is 5.50. The first-order valence-electron chi connectivity index (χ1n) is 10.9. The number of rotatable bonds is 5. The zero-order valence-corrected chi connectivity index (χ0v) is 17.6. The third kappa shape index (κ3) is 4.70. The van der Waals surface area contributed by atoms with Gasteiger partial charge in [0.2, 0.25) is 5.95 Å². The lowest BCUT2D eigenvalue weighted by molar-refractivity contribution is 0.122. The number of aromatic nitrogens is 5. The molecule has 0 aromatic carbocycles. The lowest BCUT2D eigenvalue weighted by Crippen LogP contribution is -2.38. The van der Waals surface area contributed by atoms with Crippen molar-refractivity contribution >= 4 is 5.95 Å². The molecule has 0 bridgehead atoms. The molecule has 8 heteroatoms. The summed E-state index contributed by atoms with van der Waals surface area (Å²) in [4.78, 5) is 27.4. The van der Waals surface area contributed by atoms with Crippen molar-refractivity contribution in [2.24, 2.45) is 0 Å². The Labute approximate surface area is 182 Å². The van der Waals surface area contributed by atoms with Gasteiger partial charge in [-0.15, -0.1) is 0 Å². The number of pyridine rings is 1. The number of anilines is 1. The molecule has 0 atom stereocenters. The monoisotopic (exact) mass is 417 g/mol. The van der Waals surface area contributed by atoms with Crippen molar-refractivity contribution in [3.8, 4) is 11.3 Å². The van der Waals surface area contributed by atoms with E-state index in [0.717, 1.165) is 81.7 Å². The average molecular weight is 418 g/mol. The van der Waals surface area contributed by atoms with Gasteiger partial charge in [0.1, 0.15) is 0 Å². The SMILES string of the molecule is c1cc(CN2CCC(c3nc(N4CCOCC4)ncc3-c3cnccn3)CC2)ccn1. The number of piperidine rings is 1. The Balaban J connectivity index is 1.37. The molecule has 8 nitrogen and oxygen atoms in total. The maximum atomic E-state index is 5.50. The number of ether oxygens (including phenoxy) is 1. The van der Waals surface area contributed by atoms with E-state index in [0.29, 0.717) is 5.92 Å². The van der Waals surface area contributed by atoms with Gasteiger partial charge in [0.05, 0.1) is 30.8 Å². The summed E-state index contributed by atoms with van der Waals surface area (Å²) < 4.78 is 5.50. The fraction of sp³-hybridized carbons (Fsp3) is 0.435. The van der Waals surface area contributed by atoms with Gasteiger partial charge in [-0.25, -0.2) is 9.97 Å². The minimum Gasteiger partial charge on any atom is -0.378 e. The third-order valence-corrected chi connectivity index (χ3v) is 6.07. The van der Waals surface area contributed by atoms with Gasteiger partial charge in [0.15, 0.2) is 0 Å². The van der Waals surface area contributed by atoms with Crippen LogP contribution >= 0.6 is 0 Å². The molecule has 5 rings (SSSR count). The third-order valence-electron chi connectivity index (χ3n) is 6.07. The van der Waals surface area contributed by atoms with Crippen LogP contribution in [0.15, 0.2) is 49.3 Å². The lowest BCUT2D eigenvalue weighted by atomic mass is 9.90. The van der Waals surface area contributed by atoms with E-state index >= 15 is 0 Å². The van der Waals surface area contributed by atoms with Crippen molar-refractivity contribution in [1.82, 2.24) is 29.8 Å². The minimum absolute atomic E-state index is 0.383. The Morgan fingerprint density at radius 2 is 1.68 bits per heavy atom. The van der Waals surface area contributed by atoms with Gasteiger partial charge in [-0.3, -0.25) is 19.9 Å². The molecule has 0 spiro atoms. The molecule has 2 saturated heterocycles. The summed E-state index contributed by atoms with van der Waals surface area (Å²) in [7, 11) is 0. The second kappa shape index (κ2) is 9.45. The smallest absolute Gasteiger partial charge is 0.225 e. The number of hydrogen-bond acceptors (Lipinski definition) is 8. The van der Waals surface area contributed by atoms with Gasteiger partial charge in [-0.05, 0) is 43.6 Å². The van der Waals surface area contributed by atoms with E-state index in [-0.39, 0.29) is 0 Å². The summed E-state index contributed by atoms with van der Waals surface area (Å²) in [5.74, 6) is 1.18. The van der Waals surface area contributed by atoms with E-state index in [1.54, 1.807) is 18.6 Å². The first-order chi connectivity index (χ1) is 15.4. The zero-order chi connectivity index (χ0) is 20.9. The Hall–Kier alpha value is -2.97. The molecule has 2 aliphatic heterocycles. The van der Waals surface area contributed by atoms with E-state index in [1.807, 2.05) is 18.6 Å². The van der Waals surface area contributed by atoms with E-state index in [2.05, 4.69) is 41.9 Å². The van der Waals surface area contributed by atoms with Gasteiger partial charge >= 0.3 is 0 Å². The second-order valence-corrected chi connectivity index (χ2v) is 8.06. The molecule has 0 N–H and O–H groups in total. The van der Waals surface area contributed by atoms with Crippen LogP contribution in [0.2, 0.25) is 0 Å². The quantitative estimate of drug-likeness (QED) is 0.627. The zero-order valence-electron chi connectivity index (χ0n) is 17.6. The normalized spacial score (nSPS) is 18.3. The van der Waals surface area contributed by atoms with E-state index < -0.39 is 0 Å². The fourth-order valence-corrected chi connectivity index (χ4v) is 4.36. The fourth-order valence-electron chi connectivity index (χ4n) is 4.36. The summed E-state index contributed by atoms with van der Waals surface area (Å²) in [5.41, 5.74) is 4.24. The molecule has 0 aliphatic carbocycles. The molecule has 2 aliphatic rings. The standard InChI is InChI=1S/C23H27N7O/c1-5-24-6-2-18(1)17-29-9-3-19(4-10-29)22-20(21-16-25-7-8-26-21)15-27-23(28-22)30-11-13-31-14-12-30/h1-2,5-8,15-16,19H,3-4,9-14,17H2. The Bertz CT molecular complexity index is 972. The van der Waals surface area contributed by atoms with Crippen LogP contribution in [0.4, 0.5) is 5.95 Å². The van der Waals surface area contributed by atoms with Crippen LogP contribution in [0.3, 0.4) is 0 Å². The van der Waals surface area contributed by atoms with Crippen LogP contribution in [0.25, 0.3) is 11.3 Å². The highest BCUT2D eigenvalue weighted by Crippen LogP contribution is 2.34. The molecule has 5 heterocycles. The van der Waals surface area contributed by atoms with Crippen LogP contribution < -0.4 is 4.90 Å². The summed E-state index contributed by atoms with van der Waals surface area (Å²) >= 11 is 0. The Morgan fingerprint density at radius 1 is 0.871 bits per heavy atom. The topological polar surface area (TPSA) is 80.2 Å².